The second-order valence-electron chi connectivity index (χ2n) is 6.96. The fraction of sp³-hybridized carbons (Fsp3) is 0.286. The Morgan fingerprint density at radius 3 is 2.54 bits per heavy atom. The molecule has 0 saturated carbocycles. The summed E-state index contributed by atoms with van der Waals surface area (Å²) in [6, 6.07) is 18.1. The van der Waals surface area contributed by atoms with Gasteiger partial charge in [0.15, 0.2) is 5.69 Å². The minimum Gasteiger partial charge on any atom is -0.371 e. The fourth-order valence-corrected chi connectivity index (χ4v) is 3.66. The summed E-state index contributed by atoms with van der Waals surface area (Å²) in [5.41, 5.74) is 2.50. The van der Waals surface area contributed by atoms with E-state index in [1.165, 1.54) is 5.69 Å². The highest BCUT2D eigenvalue weighted by molar-refractivity contribution is 6.31. The van der Waals surface area contributed by atoms with Crippen molar-refractivity contribution in [2.24, 2.45) is 0 Å². The first-order valence-electron chi connectivity index (χ1n) is 9.43. The average molecular weight is 396 g/mol. The predicted molar refractivity (Wildman–Crippen MR) is 110 cm³/mol. The monoisotopic (exact) mass is 395 g/mol. The Bertz CT molecular complexity index is 935. The molecule has 1 aliphatic heterocycles. The number of hydrogen-bond acceptors (Lipinski definition) is 4. The fourth-order valence-electron chi connectivity index (χ4n) is 3.46. The highest BCUT2D eigenvalue weighted by Crippen LogP contribution is 2.20. The van der Waals surface area contributed by atoms with E-state index < -0.39 is 0 Å². The number of carbonyl (C=O) groups excluding carboxylic acids is 1. The minimum absolute atomic E-state index is 0.154. The molecule has 6 nitrogen and oxygen atoms in total. The molecule has 0 atom stereocenters. The average Bonchev–Trinajstić information content (AvgIpc) is 3.20. The highest BCUT2D eigenvalue weighted by Gasteiger charge is 2.22. The summed E-state index contributed by atoms with van der Waals surface area (Å²) in [6.45, 7) is 2.33. The molecule has 1 aliphatic rings. The van der Waals surface area contributed by atoms with Crippen LogP contribution in [0.5, 0.6) is 0 Å². The lowest BCUT2D eigenvalue weighted by molar-refractivity contribution is 0.0926. The van der Waals surface area contributed by atoms with Crippen molar-refractivity contribution in [2.45, 2.75) is 25.4 Å². The van der Waals surface area contributed by atoms with Crippen molar-refractivity contribution in [3.05, 3.63) is 77.1 Å². The van der Waals surface area contributed by atoms with Crippen LogP contribution in [0.2, 0.25) is 5.02 Å². The lowest BCUT2D eigenvalue weighted by atomic mass is 10.0. The van der Waals surface area contributed by atoms with Crippen molar-refractivity contribution in [3.8, 4) is 0 Å². The zero-order valence-electron chi connectivity index (χ0n) is 15.5. The molecule has 2 aromatic carbocycles. The van der Waals surface area contributed by atoms with Gasteiger partial charge in [0.2, 0.25) is 0 Å². The number of halogens is 1. The zero-order valence-corrected chi connectivity index (χ0v) is 16.2. The summed E-state index contributed by atoms with van der Waals surface area (Å²) in [5, 5.41) is 11.8. The summed E-state index contributed by atoms with van der Waals surface area (Å²) in [5.74, 6) is -0.177. The van der Waals surface area contributed by atoms with Crippen LogP contribution >= 0.6 is 11.6 Å². The van der Waals surface area contributed by atoms with Gasteiger partial charge in [-0.25, -0.2) is 4.68 Å². The topological polar surface area (TPSA) is 63.1 Å². The van der Waals surface area contributed by atoms with Gasteiger partial charge in [-0.1, -0.05) is 53.2 Å². The molecule has 7 heteroatoms. The van der Waals surface area contributed by atoms with E-state index in [1.54, 1.807) is 10.9 Å². The Balaban J connectivity index is 1.31. The summed E-state index contributed by atoms with van der Waals surface area (Å²) in [4.78, 5) is 14.9. The van der Waals surface area contributed by atoms with Gasteiger partial charge in [0.25, 0.3) is 5.91 Å². The van der Waals surface area contributed by atoms with Gasteiger partial charge in [0.05, 0.1) is 12.7 Å². The lowest BCUT2D eigenvalue weighted by Crippen LogP contribution is -2.44. The van der Waals surface area contributed by atoms with Gasteiger partial charge >= 0.3 is 0 Å². The zero-order chi connectivity index (χ0) is 19.3. The third-order valence-corrected chi connectivity index (χ3v) is 5.38. The van der Waals surface area contributed by atoms with Crippen LogP contribution in [0.4, 0.5) is 5.69 Å². The first-order valence-corrected chi connectivity index (χ1v) is 9.81. The SMILES string of the molecule is O=C(NC1CCN(c2ccccc2)CC1)c1cn(Cc2ccccc2Cl)nn1. The van der Waals surface area contributed by atoms with Crippen LogP contribution in [0.15, 0.2) is 60.8 Å². The molecule has 4 rings (SSSR count). The maximum atomic E-state index is 12.5. The molecule has 1 amide bonds. The van der Waals surface area contributed by atoms with E-state index in [2.05, 4.69) is 44.8 Å². The Hall–Kier alpha value is -2.86. The minimum atomic E-state index is -0.177. The quantitative estimate of drug-likeness (QED) is 0.719. The number of piperidine rings is 1. The number of para-hydroxylation sites is 1. The molecule has 1 N–H and O–H groups in total. The molecule has 0 spiro atoms. The van der Waals surface area contributed by atoms with E-state index in [1.807, 2.05) is 30.3 Å². The second kappa shape index (κ2) is 8.44. The van der Waals surface area contributed by atoms with Crippen molar-refractivity contribution in [1.29, 1.82) is 0 Å². The molecule has 28 heavy (non-hydrogen) atoms. The Labute approximate surface area is 169 Å². The van der Waals surface area contributed by atoms with Crippen LogP contribution in [0, 0.1) is 0 Å². The number of nitrogens with zero attached hydrogens (tertiary/aromatic N) is 4. The van der Waals surface area contributed by atoms with E-state index in [-0.39, 0.29) is 11.9 Å². The third-order valence-electron chi connectivity index (χ3n) is 5.01. The molecule has 0 unspecified atom stereocenters. The molecule has 0 radical (unpaired) electrons. The summed E-state index contributed by atoms with van der Waals surface area (Å²) in [7, 11) is 0. The predicted octanol–water partition coefficient (Wildman–Crippen LogP) is 3.38. The van der Waals surface area contributed by atoms with E-state index >= 15 is 0 Å². The van der Waals surface area contributed by atoms with Crippen molar-refractivity contribution in [2.75, 3.05) is 18.0 Å². The molecular formula is C21H22ClN5O. The number of aromatic nitrogens is 3. The maximum absolute atomic E-state index is 12.5. The number of hydrogen-bond donors (Lipinski definition) is 1. The number of benzene rings is 2. The number of amides is 1. The Morgan fingerprint density at radius 2 is 1.79 bits per heavy atom. The van der Waals surface area contributed by atoms with Crippen molar-refractivity contribution in [1.82, 2.24) is 20.3 Å². The van der Waals surface area contributed by atoms with Crippen LogP contribution < -0.4 is 10.2 Å². The van der Waals surface area contributed by atoms with Gasteiger partial charge in [-0.15, -0.1) is 5.10 Å². The van der Waals surface area contributed by atoms with Crippen LogP contribution in [0.25, 0.3) is 0 Å². The van der Waals surface area contributed by atoms with Gasteiger partial charge in [-0.2, -0.15) is 0 Å². The largest absolute Gasteiger partial charge is 0.371 e. The van der Waals surface area contributed by atoms with Gasteiger partial charge in [0, 0.05) is 29.8 Å². The van der Waals surface area contributed by atoms with E-state index in [0.717, 1.165) is 31.5 Å². The first-order chi connectivity index (χ1) is 13.7. The molecule has 3 aromatic rings. The van der Waals surface area contributed by atoms with Crippen LogP contribution in [0.3, 0.4) is 0 Å². The number of carbonyl (C=O) groups is 1. The molecule has 144 valence electrons. The van der Waals surface area contributed by atoms with Crippen molar-refractivity contribution >= 4 is 23.2 Å². The smallest absolute Gasteiger partial charge is 0.273 e. The maximum Gasteiger partial charge on any atom is 0.273 e. The number of anilines is 1. The molecule has 1 saturated heterocycles. The Morgan fingerprint density at radius 1 is 1.07 bits per heavy atom. The van der Waals surface area contributed by atoms with Gasteiger partial charge in [-0.3, -0.25) is 4.79 Å². The number of rotatable bonds is 5. The van der Waals surface area contributed by atoms with Crippen molar-refractivity contribution in [3.63, 3.8) is 0 Å². The second-order valence-corrected chi connectivity index (χ2v) is 7.37. The van der Waals surface area contributed by atoms with Crippen LogP contribution in [0.1, 0.15) is 28.9 Å². The standard InChI is InChI=1S/C21H22ClN5O/c22-19-9-5-4-6-16(19)14-27-15-20(24-25-27)21(28)23-17-10-12-26(13-11-17)18-7-2-1-3-8-18/h1-9,15,17H,10-14H2,(H,23,28). The van der Waals surface area contributed by atoms with Gasteiger partial charge in [0.1, 0.15) is 0 Å². The van der Waals surface area contributed by atoms with Crippen molar-refractivity contribution < 1.29 is 4.79 Å². The summed E-state index contributed by atoms with van der Waals surface area (Å²) in [6.07, 6.45) is 3.49. The number of nitrogens with one attached hydrogen (secondary N) is 1. The van der Waals surface area contributed by atoms with E-state index in [0.29, 0.717) is 17.3 Å². The van der Waals surface area contributed by atoms with Crippen LogP contribution in [-0.4, -0.2) is 40.0 Å². The van der Waals surface area contributed by atoms with E-state index in [9.17, 15) is 4.79 Å². The molecule has 0 bridgehead atoms. The first kappa shape index (κ1) is 18.5. The molecule has 1 fully saturated rings. The molecular weight excluding hydrogens is 374 g/mol. The summed E-state index contributed by atoms with van der Waals surface area (Å²) >= 11 is 6.18. The Kier molecular flexibility index (Phi) is 5.58. The van der Waals surface area contributed by atoms with E-state index in [4.69, 9.17) is 11.6 Å². The summed E-state index contributed by atoms with van der Waals surface area (Å²) < 4.78 is 1.63. The van der Waals surface area contributed by atoms with Crippen LogP contribution in [-0.2, 0) is 6.54 Å². The molecule has 2 heterocycles. The third kappa shape index (κ3) is 4.34. The normalized spacial score (nSPS) is 14.8. The highest BCUT2D eigenvalue weighted by atomic mass is 35.5. The molecule has 0 aliphatic carbocycles. The lowest BCUT2D eigenvalue weighted by Gasteiger charge is -2.33. The molecule has 1 aromatic heterocycles. The van der Waals surface area contributed by atoms with Gasteiger partial charge in [-0.05, 0) is 36.6 Å². The van der Waals surface area contributed by atoms with Gasteiger partial charge < -0.3 is 10.2 Å².